The lowest BCUT2D eigenvalue weighted by molar-refractivity contribution is 0.202. The number of benzene rings is 1. The molecule has 7 nitrogen and oxygen atoms in total. The predicted octanol–water partition coefficient (Wildman–Crippen LogP) is 1.87. The number of furan rings is 1. The van der Waals surface area contributed by atoms with Crippen molar-refractivity contribution in [3.8, 4) is 0 Å². The number of carbonyl (C=O) groups is 1. The molecular weight excluding hydrogens is 330 g/mol. The van der Waals surface area contributed by atoms with Crippen molar-refractivity contribution in [2.75, 3.05) is 21.1 Å². The van der Waals surface area contributed by atoms with E-state index in [4.69, 9.17) is 4.42 Å². The molecule has 1 aromatic heterocycles. The molecule has 0 saturated carbocycles. The maximum atomic E-state index is 12.3. The van der Waals surface area contributed by atoms with E-state index < -0.39 is 10.0 Å². The molecule has 0 aliphatic heterocycles. The standard InChI is InChI=1S/C16H21N3O4S/c1-18(2)24(21,22)15-9-5-4-7-13(15)11-17-16(20)19(3)12-14-8-6-10-23-14/h4-10H,11-12H2,1-3H3,(H,17,20). The summed E-state index contributed by atoms with van der Waals surface area (Å²) in [6, 6.07) is 9.83. The van der Waals surface area contributed by atoms with Gasteiger partial charge in [0.15, 0.2) is 0 Å². The molecule has 2 rings (SSSR count). The van der Waals surface area contributed by atoms with Crippen molar-refractivity contribution >= 4 is 16.1 Å². The van der Waals surface area contributed by atoms with Crippen LogP contribution in [-0.2, 0) is 23.1 Å². The lowest BCUT2D eigenvalue weighted by Gasteiger charge is -2.18. The van der Waals surface area contributed by atoms with E-state index in [2.05, 4.69) is 5.32 Å². The highest BCUT2D eigenvalue weighted by Crippen LogP contribution is 2.18. The van der Waals surface area contributed by atoms with Crippen LogP contribution in [0.2, 0.25) is 0 Å². The SMILES string of the molecule is CN(Cc1ccco1)C(=O)NCc1ccccc1S(=O)(=O)N(C)C. The number of amides is 2. The Hall–Kier alpha value is -2.32. The van der Waals surface area contributed by atoms with Gasteiger partial charge in [-0.15, -0.1) is 0 Å². The molecule has 0 bridgehead atoms. The molecule has 0 unspecified atom stereocenters. The largest absolute Gasteiger partial charge is 0.467 e. The molecule has 1 N–H and O–H groups in total. The number of nitrogens with zero attached hydrogens (tertiary/aromatic N) is 2. The molecule has 2 amide bonds. The Labute approximate surface area is 141 Å². The van der Waals surface area contributed by atoms with Crippen LogP contribution in [0.5, 0.6) is 0 Å². The molecule has 0 atom stereocenters. The minimum atomic E-state index is -3.56. The summed E-state index contributed by atoms with van der Waals surface area (Å²) in [6.45, 7) is 0.445. The van der Waals surface area contributed by atoms with Gasteiger partial charge in [0.1, 0.15) is 5.76 Å². The summed E-state index contributed by atoms with van der Waals surface area (Å²) in [6.07, 6.45) is 1.55. The van der Waals surface area contributed by atoms with Crippen LogP contribution in [0.3, 0.4) is 0 Å². The van der Waals surface area contributed by atoms with Crippen LogP contribution in [0.4, 0.5) is 4.79 Å². The second kappa shape index (κ2) is 7.50. The minimum absolute atomic E-state index is 0.116. The zero-order chi connectivity index (χ0) is 17.7. The summed E-state index contributed by atoms with van der Waals surface area (Å²) in [7, 11) is 1.02. The molecule has 24 heavy (non-hydrogen) atoms. The highest BCUT2D eigenvalue weighted by Gasteiger charge is 2.21. The monoisotopic (exact) mass is 351 g/mol. The Morgan fingerprint density at radius 1 is 1.12 bits per heavy atom. The third-order valence-electron chi connectivity index (χ3n) is 3.48. The van der Waals surface area contributed by atoms with Crippen molar-refractivity contribution < 1.29 is 17.6 Å². The average molecular weight is 351 g/mol. The molecule has 0 radical (unpaired) electrons. The highest BCUT2D eigenvalue weighted by molar-refractivity contribution is 7.89. The zero-order valence-corrected chi connectivity index (χ0v) is 14.7. The third kappa shape index (κ3) is 4.15. The lowest BCUT2D eigenvalue weighted by atomic mass is 10.2. The number of hydrogen-bond acceptors (Lipinski definition) is 4. The first-order valence-electron chi connectivity index (χ1n) is 7.34. The van der Waals surface area contributed by atoms with Gasteiger partial charge in [0.05, 0.1) is 17.7 Å². The minimum Gasteiger partial charge on any atom is -0.467 e. The topological polar surface area (TPSA) is 82.9 Å². The van der Waals surface area contributed by atoms with Crippen molar-refractivity contribution in [3.63, 3.8) is 0 Å². The van der Waals surface area contributed by atoms with Gasteiger partial charge in [-0.25, -0.2) is 17.5 Å². The lowest BCUT2D eigenvalue weighted by Crippen LogP contribution is -2.36. The normalized spacial score (nSPS) is 11.5. The Bertz CT molecular complexity index is 785. The van der Waals surface area contributed by atoms with Gasteiger partial charge in [0, 0.05) is 27.7 Å². The number of carbonyl (C=O) groups excluding carboxylic acids is 1. The summed E-state index contributed by atoms with van der Waals surface area (Å²) in [5.41, 5.74) is 0.533. The molecule has 1 aromatic carbocycles. The number of sulfonamides is 1. The Kier molecular flexibility index (Phi) is 5.63. The summed E-state index contributed by atoms with van der Waals surface area (Å²) in [4.78, 5) is 13.8. The van der Waals surface area contributed by atoms with Crippen LogP contribution < -0.4 is 5.32 Å². The molecule has 0 saturated heterocycles. The first-order chi connectivity index (χ1) is 11.3. The van der Waals surface area contributed by atoms with E-state index in [9.17, 15) is 13.2 Å². The van der Waals surface area contributed by atoms with Gasteiger partial charge in [0.25, 0.3) is 0 Å². The van der Waals surface area contributed by atoms with Gasteiger partial charge in [-0.2, -0.15) is 0 Å². The van der Waals surface area contributed by atoms with E-state index in [1.165, 1.54) is 25.1 Å². The first-order valence-corrected chi connectivity index (χ1v) is 8.78. The quantitative estimate of drug-likeness (QED) is 0.861. The van der Waals surface area contributed by atoms with Gasteiger partial charge in [-0.3, -0.25) is 0 Å². The van der Waals surface area contributed by atoms with E-state index in [0.717, 1.165) is 4.31 Å². The fourth-order valence-electron chi connectivity index (χ4n) is 2.11. The Morgan fingerprint density at radius 2 is 1.83 bits per heavy atom. The van der Waals surface area contributed by atoms with Gasteiger partial charge in [-0.1, -0.05) is 18.2 Å². The summed E-state index contributed by atoms with van der Waals surface area (Å²) in [5, 5.41) is 2.72. The average Bonchev–Trinajstić information content (AvgIpc) is 3.05. The van der Waals surface area contributed by atoms with Crippen LogP contribution in [0.25, 0.3) is 0 Å². The number of urea groups is 1. The van der Waals surface area contributed by atoms with Crippen molar-refractivity contribution in [1.82, 2.24) is 14.5 Å². The van der Waals surface area contributed by atoms with Crippen LogP contribution in [0.15, 0.2) is 52.0 Å². The second-order valence-electron chi connectivity index (χ2n) is 5.49. The summed E-state index contributed by atoms with van der Waals surface area (Å²) in [5.74, 6) is 0.670. The number of rotatable bonds is 6. The summed E-state index contributed by atoms with van der Waals surface area (Å²) < 4.78 is 31.0. The van der Waals surface area contributed by atoms with Gasteiger partial charge < -0.3 is 14.6 Å². The second-order valence-corrected chi connectivity index (χ2v) is 7.61. The van der Waals surface area contributed by atoms with Crippen molar-refractivity contribution in [2.45, 2.75) is 18.0 Å². The van der Waals surface area contributed by atoms with Crippen molar-refractivity contribution in [3.05, 3.63) is 54.0 Å². The molecule has 130 valence electrons. The molecule has 2 aromatic rings. The van der Waals surface area contributed by atoms with E-state index in [-0.39, 0.29) is 17.5 Å². The van der Waals surface area contributed by atoms with Gasteiger partial charge in [0.2, 0.25) is 10.0 Å². The maximum Gasteiger partial charge on any atom is 0.317 e. The number of nitrogens with one attached hydrogen (secondary N) is 1. The van der Waals surface area contributed by atoms with Gasteiger partial charge in [-0.05, 0) is 23.8 Å². The molecule has 1 heterocycles. The van der Waals surface area contributed by atoms with Crippen molar-refractivity contribution in [1.29, 1.82) is 0 Å². The highest BCUT2D eigenvalue weighted by atomic mass is 32.2. The van der Waals surface area contributed by atoms with Crippen LogP contribution >= 0.6 is 0 Å². The van der Waals surface area contributed by atoms with Crippen LogP contribution in [0, 0.1) is 0 Å². The first kappa shape index (κ1) is 18.0. The van der Waals surface area contributed by atoms with E-state index in [1.54, 1.807) is 43.6 Å². The zero-order valence-electron chi connectivity index (χ0n) is 13.9. The van der Waals surface area contributed by atoms with E-state index in [1.807, 2.05) is 0 Å². The van der Waals surface area contributed by atoms with E-state index in [0.29, 0.717) is 17.9 Å². The van der Waals surface area contributed by atoms with Gasteiger partial charge >= 0.3 is 6.03 Å². The smallest absolute Gasteiger partial charge is 0.317 e. The van der Waals surface area contributed by atoms with Crippen molar-refractivity contribution in [2.24, 2.45) is 0 Å². The summed E-state index contributed by atoms with van der Waals surface area (Å²) >= 11 is 0. The number of hydrogen-bond donors (Lipinski definition) is 1. The molecule has 0 aliphatic rings. The van der Waals surface area contributed by atoms with Crippen LogP contribution in [-0.4, -0.2) is 44.8 Å². The predicted molar refractivity (Wildman–Crippen MR) is 89.7 cm³/mol. The molecular formula is C16H21N3O4S. The molecule has 0 spiro atoms. The fourth-order valence-corrected chi connectivity index (χ4v) is 3.23. The Morgan fingerprint density at radius 3 is 2.46 bits per heavy atom. The van der Waals surface area contributed by atoms with Crippen LogP contribution in [0.1, 0.15) is 11.3 Å². The Balaban J connectivity index is 2.06. The fraction of sp³-hybridized carbons (Fsp3) is 0.312. The van der Waals surface area contributed by atoms with E-state index >= 15 is 0 Å². The maximum absolute atomic E-state index is 12.3. The molecule has 0 aliphatic carbocycles. The third-order valence-corrected chi connectivity index (χ3v) is 5.40. The molecule has 8 heteroatoms. The molecule has 0 fully saturated rings.